The Bertz CT molecular complexity index is 1130. The Balaban J connectivity index is 2.20. The number of amides is 2. The van der Waals surface area contributed by atoms with Gasteiger partial charge in [-0.25, -0.2) is 8.42 Å². The van der Waals surface area contributed by atoms with E-state index in [4.69, 9.17) is 4.74 Å². The van der Waals surface area contributed by atoms with Crippen molar-refractivity contribution in [3.63, 3.8) is 0 Å². The fourth-order valence-corrected chi connectivity index (χ4v) is 5.10. The second-order valence-electron chi connectivity index (χ2n) is 9.61. The van der Waals surface area contributed by atoms with Gasteiger partial charge in [0.05, 0.1) is 18.6 Å². The molecule has 2 rings (SSSR count). The number of sulfonamides is 1. The number of hydrogen-bond donors (Lipinski definition) is 1. The summed E-state index contributed by atoms with van der Waals surface area (Å²) >= 11 is 0. The van der Waals surface area contributed by atoms with Gasteiger partial charge in [0.1, 0.15) is 11.8 Å². The smallest absolute Gasteiger partial charge is 0.243 e. The van der Waals surface area contributed by atoms with Gasteiger partial charge in [0, 0.05) is 25.6 Å². The van der Waals surface area contributed by atoms with Crippen molar-refractivity contribution in [2.45, 2.75) is 78.9 Å². The molecule has 0 saturated carbocycles. The van der Waals surface area contributed by atoms with Gasteiger partial charge in [-0.1, -0.05) is 43.7 Å². The normalized spacial score (nSPS) is 12.9. The van der Waals surface area contributed by atoms with Crippen LogP contribution in [0.5, 0.6) is 5.75 Å². The van der Waals surface area contributed by atoms with Gasteiger partial charge in [-0.3, -0.25) is 13.9 Å². The summed E-state index contributed by atoms with van der Waals surface area (Å²) in [5.74, 6) is 0.305. The molecule has 1 N–H and O–H groups in total. The van der Waals surface area contributed by atoms with Gasteiger partial charge in [-0.05, 0) is 69.9 Å². The quantitative estimate of drug-likeness (QED) is 0.351. The number of hydrogen-bond acceptors (Lipinski definition) is 5. The maximum Gasteiger partial charge on any atom is 0.243 e. The highest BCUT2D eigenvalue weighted by atomic mass is 32.2. The minimum absolute atomic E-state index is 0.00492. The lowest BCUT2D eigenvalue weighted by Gasteiger charge is -2.32. The van der Waals surface area contributed by atoms with E-state index < -0.39 is 16.1 Å². The number of nitrogens with zero attached hydrogens (tertiary/aromatic N) is 2. The van der Waals surface area contributed by atoms with Crippen molar-refractivity contribution in [1.82, 2.24) is 10.2 Å². The molecule has 0 spiro atoms. The topological polar surface area (TPSA) is 96.0 Å². The Hall–Kier alpha value is -3.07. The SMILES string of the molecule is CCOc1ccc(N(CCCC(=O)N(Cc2ccc(C)cc2)[C@@H](CC)C(=O)N[C@H](C)CC)S(C)(=O)=O)cc1. The number of anilines is 1. The predicted molar refractivity (Wildman–Crippen MR) is 153 cm³/mol. The van der Waals surface area contributed by atoms with E-state index >= 15 is 0 Å². The Morgan fingerprint density at radius 3 is 2.13 bits per heavy atom. The summed E-state index contributed by atoms with van der Waals surface area (Å²) in [6.45, 7) is 10.7. The minimum Gasteiger partial charge on any atom is -0.494 e. The van der Waals surface area contributed by atoms with E-state index in [9.17, 15) is 18.0 Å². The molecule has 8 nitrogen and oxygen atoms in total. The number of carbonyl (C=O) groups excluding carboxylic acids is 2. The van der Waals surface area contributed by atoms with Crippen molar-refractivity contribution in [3.05, 3.63) is 59.7 Å². The summed E-state index contributed by atoms with van der Waals surface area (Å²) in [7, 11) is -3.56. The molecule has 0 heterocycles. The summed E-state index contributed by atoms with van der Waals surface area (Å²) in [6, 6.07) is 14.1. The monoisotopic (exact) mass is 545 g/mol. The van der Waals surface area contributed by atoms with Crippen molar-refractivity contribution in [2.24, 2.45) is 0 Å². The van der Waals surface area contributed by atoms with E-state index in [1.54, 1.807) is 29.2 Å². The highest BCUT2D eigenvalue weighted by Crippen LogP contribution is 2.23. The highest BCUT2D eigenvalue weighted by Gasteiger charge is 2.29. The molecule has 0 fully saturated rings. The zero-order chi connectivity index (χ0) is 28.3. The lowest BCUT2D eigenvalue weighted by atomic mass is 10.1. The van der Waals surface area contributed by atoms with E-state index in [2.05, 4.69) is 5.32 Å². The van der Waals surface area contributed by atoms with Crippen molar-refractivity contribution in [1.29, 1.82) is 0 Å². The molecule has 0 radical (unpaired) electrons. The Labute approximate surface area is 228 Å². The first-order valence-corrected chi connectivity index (χ1v) is 15.2. The molecule has 0 aromatic heterocycles. The van der Waals surface area contributed by atoms with Crippen LogP contribution in [0.2, 0.25) is 0 Å². The molecule has 0 aliphatic carbocycles. The van der Waals surface area contributed by atoms with Gasteiger partial charge in [0.2, 0.25) is 21.8 Å². The first-order valence-electron chi connectivity index (χ1n) is 13.4. The van der Waals surface area contributed by atoms with Gasteiger partial charge in [-0.2, -0.15) is 0 Å². The van der Waals surface area contributed by atoms with Crippen LogP contribution in [0.25, 0.3) is 0 Å². The van der Waals surface area contributed by atoms with Gasteiger partial charge < -0.3 is 15.0 Å². The van der Waals surface area contributed by atoms with Crippen LogP contribution >= 0.6 is 0 Å². The lowest BCUT2D eigenvalue weighted by Crippen LogP contribution is -2.50. The minimum atomic E-state index is -3.56. The van der Waals surface area contributed by atoms with Crippen LogP contribution in [0.3, 0.4) is 0 Å². The molecule has 2 atom stereocenters. The fourth-order valence-electron chi connectivity index (χ4n) is 4.13. The standard InChI is InChI=1S/C29H43N3O5S/c1-7-23(5)30-29(34)27(8-2)31(21-24-14-12-22(4)13-15-24)28(33)11-10-20-32(38(6,35)36)25-16-18-26(19-17-25)37-9-3/h12-19,23,27H,7-11,20-21H2,1-6H3,(H,30,34)/t23-,27+/m1/s1. The molecule has 0 saturated heterocycles. The summed E-state index contributed by atoms with van der Waals surface area (Å²) < 4.78 is 31.8. The second kappa shape index (κ2) is 14.8. The second-order valence-corrected chi connectivity index (χ2v) is 11.5. The molecule has 2 amide bonds. The predicted octanol–water partition coefficient (Wildman–Crippen LogP) is 4.66. The Morgan fingerprint density at radius 2 is 1.61 bits per heavy atom. The van der Waals surface area contributed by atoms with E-state index in [0.29, 0.717) is 37.4 Å². The van der Waals surface area contributed by atoms with Crippen LogP contribution in [-0.2, 0) is 26.2 Å². The number of carbonyl (C=O) groups is 2. The van der Waals surface area contributed by atoms with Gasteiger partial charge in [0.25, 0.3) is 0 Å². The molecule has 210 valence electrons. The largest absolute Gasteiger partial charge is 0.494 e. The van der Waals surface area contributed by atoms with Crippen LogP contribution < -0.4 is 14.4 Å². The fraction of sp³-hybridized carbons (Fsp3) is 0.517. The number of aryl methyl sites for hydroxylation is 1. The first-order chi connectivity index (χ1) is 18.0. The number of ether oxygens (including phenoxy) is 1. The molecular weight excluding hydrogens is 502 g/mol. The summed E-state index contributed by atoms with van der Waals surface area (Å²) in [5.41, 5.74) is 2.56. The van der Waals surface area contributed by atoms with E-state index in [1.165, 1.54) is 4.31 Å². The Morgan fingerprint density at radius 1 is 0.974 bits per heavy atom. The van der Waals surface area contributed by atoms with Crippen molar-refractivity contribution >= 4 is 27.5 Å². The number of nitrogens with one attached hydrogen (secondary N) is 1. The molecule has 2 aromatic rings. The molecule has 0 aliphatic rings. The van der Waals surface area contributed by atoms with Crippen LogP contribution in [-0.4, -0.2) is 56.6 Å². The van der Waals surface area contributed by atoms with Crippen molar-refractivity contribution < 1.29 is 22.7 Å². The molecule has 9 heteroatoms. The maximum atomic E-state index is 13.5. The third kappa shape index (κ3) is 9.35. The number of benzene rings is 2. The zero-order valence-electron chi connectivity index (χ0n) is 23.6. The average Bonchev–Trinajstić information content (AvgIpc) is 2.87. The Kier molecular flexibility index (Phi) is 12.1. The van der Waals surface area contributed by atoms with Gasteiger partial charge >= 0.3 is 0 Å². The lowest BCUT2D eigenvalue weighted by molar-refractivity contribution is -0.141. The summed E-state index contributed by atoms with van der Waals surface area (Å²) in [5, 5.41) is 3.01. The summed E-state index contributed by atoms with van der Waals surface area (Å²) in [4.78, 5) is 28.3. The number of rotatable bonds is 15. The van der Waals surface area contributed by atoms with Crippen LogP contribution in [0.1, 0.15) is 64.5 Å². The highest BCUT2D eigenvalue weighted by molar-refractivity contribution is 7.92. The molecule has 2 aromatic carbocycles. The molecule has 0 aliphatic heterocycles. The average molecular weight is 546 g/mol. The van der Waals surface area contributed by atoms with Crippen LogP contribution in [0, 0.1) is 6.92 Å². The molecule has 0 unspecified atom stereocenters. The zero-order valence-corrected chi connectivity index (χ0v) is 24.4. The molecule has 0 bridgehead atoms. The maximum absolute atomic E-state index is 13.5. The molecular formula is C29H43N3O5S. The van der Waals surface area contributed by atoms with Crippen molar-refractivity contribution in [3.8, 4) is 5.75 Å². The first kappa shape index (κ1) is 31.1. The molecule has 38 heavy (non-hydrogen) atoms. The van der Waals surface area contributed by atoms with Gasteiger partial charge in [-0.15, -0.1) is 0 Å². The van der Waals surface area contributed by atoms with Crippen LogP contribution in [0.4, 0.5) is 5.69 Å². The van der Waals surface area contributed by atoms with E-state index in [-0.39, 0.29) is 30.8 Å². The third-order valence-corrected chi connectivity index (χ3v) is 7.64. The van der Waals surface area contributed by atoms with Crippen molar-refractivity contribution in [2.75, 3.05) is 23.7 Å². The van der Waals surface area contributed by atoms with Gasteiger partial charge in [0.15, 0.2) is 0 Å². The third-order valence-electron chi connectivity index (χ3n) is 6.45. The summed E-state index contributed by atoms with van der Waals surface area (Å²) in [6.07, 6.45) is 2.85. The van der Waals surface area contributed by atoms with E-state index in [1.807, 2.05) is 58.9 Å². The van der Waals surface area contributed by atoms with E-state index in [0.717, 1.165) is 23.8 Å². The van der Waals surface area contributed by atoms with Crippen LogP contribution in [0.15, 0.2) is 48.5 Å².